The first-order valence-electron chi connectivity index (χ1n) is 8.32. The molecule has 0 spiro atoms. The minimum absolute atomic E-state index is 0.118. The number of pyridine rings is 1. The van der Waals surface area contributed by atoms with Gasteiger partial charge in [-0.25, -0.2) is 18.2 Å². The van der Waals surface area contributed by atoms with Gasteiger partial charge in [0.15, 0.2) is 6.04 Å². The van der Waals surface area contributed by atoms with Gasteiger partial charge in [-0.3, -0.25) is 20.0 Å². The highest BCUT2D eigenvalue weighted by Crippen LogP contribution is 2.38. The fraction of sp³-hybridized carbons (Fsp3) is 0.278. The first-order valence-corrected chi connectivity index (χ1v) is 8.70. The lowest BCUT2D eigenvalue weighted by molar-refractivity contribution is -0.137. The van der Waals surface area contributed by atoms with Crippen LogP contribution in [-0.4, -0.2) is 34.3 Å². The Morgan fingerprint density at radius 1 is 1.32 bits per heavy atom. The van der Waals surface area contributed by atoms with Crippen molar-refractivity contribution in [3.8, 4) is 0 Å². The number of alkyl halides is 2. The summed E-state index contributed by atoms with van der Waals surface area (Å²) >= 11 is 6.18. The SMILES string of the molecule is O=CN(Nc1cncc(F)c1)C(C(=O)NC1CC(F)(F)C1)c1ccccc1Cl. The second-order valence-corrected chi connectivity index (χ2v) is 6.82. The van der Waals surface area contributed by atoms with Crippen LogP contribution in [0.15, 0.2) is 42.7 Å². The molecule has 2 N–H and O–H groups in total. The average molecular weight is 413 g/mol. The van der Waals surface area contributed by atoms with Gasteiger partial charge in [-0.1, -0.05) is 29.8 Å². The van der Waals surface area contributed by atoms with E-state index in [0.717, 1.165) is 17.3 Å². The van der Waals surface area contributed by atoms with Gasteiger partial charge in [-0.05, 0) is 6.07 Å². The molecular weight excluding hydrogens is 397 g/mol. The van der Waals surface area contributed by atoms with Crippen molar-refractivity contribution in [2.45, 2.75) is 30.8 Å². The summed E-state index contributed by atoms with van der Waals surface area (Å²) in [5, 5.41) is 3.58. The predicted molar refractivity (Wildman–Crippen MR) is 96.0 cm³/mol. The third kappa shape index (κ3) is 4.53. The van der Waals surface area contributed by atoms with E-state index in [2.05, 4.69) is 15.7 Å². The summed E-state index contributed by atoms with van der Waals surface area (Å²) in [6, 6.07) is 5.41. The highest BCUT2D eigenvalue weighted by Gasteiger charge is 2.46. The van der Waals surface area contributed by atoms with Crippen LogP contribution in [0.5, 0.6) is 0 Å². The van der Waals surface area contributed by atoms with Crippen molar-refractivity contribution in [1.29, 1.82) is 0 Å². The summed E-state index contributed by atoms with van der Waals surface area (Å²) in [6.45, 7) is 0. The van der Waals surface area contributed by atoms with E-state index in [1.807, 2.05) is 0 Å². The van der Waals surface area contributed by atoms with Crippen LogP contribution in [0.4, 0.5) is 18.9 Å². The smallest absolute Gasteiger partial charge is 0.252 e. The zero-order valence-electron chi connectivity index (χ0n) is 14.4. The summed E-state index contributed by atoms with van der Waals surface area (Å²) in [5.74, 6) is -4.16. The summed E-state index contributed by atoms with van der Waals surface area (Å²) in [4.78, 5) is 28.2. The van der Waals surface area contributed by atoms with Gasteiger partial charge in [0, 0.05) is 35.5 Å². The third-order valence-corrected chi connectivity index (χ3v) is 4.58. The molecule has 3 rings (SSSR count). The molecule has 6 nitrogen and oxygen atoms in total. The van der Waals surface area contributed by atoms with Crippen LogP contribution in [0.25, 0.3) is 0 Å². The highest BCUT2D eigenvalue weighted by atomic mass is 35.5. The minimum atomic E-state index is -2.81. The van der Waals surface area contributed by atoms with Crippen LogP contribution >= 0.6 is 11.6 Å². The monoisotopic (exact) mass is 412 g/mol. The van der Waals surface area contributed by atoms with Crippen molar-refractivity contribution in [2.24, 2.45) is 0 Å². The highest BCUT2D eigenvalue weighted by molar-refractivity contribution is 6.31. The normalized spacial score (nSPS) is 16.6. The zero-order chi connectivity index (χ0) is 20.3. The topological polar surface area (TPSA) is 74.3 Å². The molecule has 2 aromatic rings. The van der Waals surface area contributed by atoms with Crippen LogP contribution in [-0.2, 0) is 9.59 Å². The molecule has 0 bridgehead atoms. The van der Waals surface area contributed by atoms with Gasteiger partial charge in [0.1, 0.15) is 5.82 Å². The lowest BCUT2D eigenvalue weighted by Gasteiger charge is -2.37. The molecule has 1 heterocycles. The molecule has 2 amide bonds. The molecule has 10 heteroatoms. The molecule has 0 aliphatic heterocycles. The number of hydrogen-bond acceptors (Lipinski definition) is 4. The standard InChI is InChI=1S/C18H16ClF3N4O2/c19-15-4-2-1-3-14(15)16(17(28)24-13-6-18(21,22)7-13)26(10-27)25-12-5-11(20)8-23-9-12/h1-5,8-10,13,16,25H,6-7H2,(H,24,28). The van der Waals surface area contributed by atoms with Gasteiger partial charge in [-0.2, -0.15) is 0 Å². The van der Waals surface area contributed by atoms with Crippen LogP contribution in [0.1, 0.15) is 24.4 Å². The number of aromatic nitrogens is 1. The summed E-state index contributed by atoms with van der Waals surface area (Å²) in [6.07, 6.45) is 1.61. The molecule has 1 atom stereocenters. The van der Waals surface area contributed by atoms with Gasteiger partial charge >= 0.3 is 0 Å². The Labute approximate surface area is 163 Å². The number of anilines is 1. The number of halogens is 4. The van der Waals surface area contributed by atoms with E-state index < -0.39 is 42.6 Å². The maximum atomic E-state index is 13.4. The fourth-order valence-electron chi connectivity index (χ4n) is 2.93. The van der Waals surface area contributed by atoms with E-state index in [9.17, 15) is 22.8 Å². The molecule has 0 radical (unpaired) electrons. The number of hydrazine groups is 1. The minimum Gasteiger partial charge on any atom is -0.351 e. The molecule has 1 aromatic heterocycles. The summed E-state index contributed by atoms with van der Waals surface area (Å²) < 4.78 is 39.6. The van der Waals surface area contributed by atoms with Crippen LogP contribution < -0.4 is 10.7 Å². The van der Waals surface area contributed by atoms with Gasteiger partial charge < -0.3 is 5.32 Å². The van der Waals surface area contributed by atoms with Crippen molar-refractivity contribution in [3.63, 3.8) is 0 Å². The van der Waals surface area contributed by atoms with E-state index in [0.29, 0.717) is 6.41 Å². The number of carbonyl (C=O) groups is 2. The molecule has 1 saturated carbocycles. The van der Waals surface area contributed by atoms with Crippen molar-refractivity contribution >= 4 is 29.6 Å². The third-order valence-electron chi connectivity index (χ3n) is 4.24. The number of rotatable bonds is 7. The van der Waals surface area contributed by atoms with Crippen molar-refractivity contribution in [3.05, 3.63) is 59.1 Å². The summed E-state index contributed by atoms with van der Waals surface area (Å²) in [7, 11) is 0. The number of carbonyl (C=O) groups excluding carboxylic acids is 2. The largest absolute Gasteiger partial charge is 0.351 e. The Morgan fingerprint density at radius 2 is 2.04 bits per heavy atom. The molecule has 1 aromatic carbocycles. The van der Waals surface area contributed by atoms with Gasteiger partial charge in [0.25, 0.3) is 5.92 Å². The Morgan fingerprint density at radius 3 is 2.64 bits per heavy atom. The van der Waals surface area contributed by atoms with Crippen molar-refractivity contribution < 1.29 is 22.8 Å². The fourth-order valence-corrected chi connectivity index (χ4v) is 3.17. The molecule has 1 unspecified atom stereocenters. The Bertz CT molecular complexity index is 875. The van der Waals surface area contributed by atoms with Gasteiger partial charge in [0.2, 0.25) is 12.3 Å². The van der Waals surface area contributed by atoms with Crippen molar-refractivity contribution in [2.75, 3.05) is 5.43 Å². The molecule has 28 heavy (non-hydrogen) atoms. The van der Waals surface area contributed by atoms with E-state index in [1.165, 1.54) is 18.3 Å². The molecule has 1 aliphatic carbocycles. The first-order chi connectivity index (χ1) is 13.3. The maximum absolute atomic E-state index is 13.4. The number of nitrogens with one attached hydrogen (secondary N) is 2. The number of benzene rings is 1. The molecular formula is C18H16ClF3N4O2. The zero-order valence-corrected chi connectivity index (χ0v) is 15.2. The lowest BCUT2D eigenvalue weighted by atomic mass is 9.88. The van der Waals surface area contributed by atoms with Crippen LogP contribution in [0, 0.1) is 5.82 Å². The van der Waals surface area contributed by atoms with Crippen molar-refractivity contribution in [1.82, 2.24) is 15.3 Å². The van der Waals surface area contributed by atoms with Gasteiger partial charge in [-0.15, -0.1) is 0 Å². The average Bonchev–Trinajstić information content (AvgIpc) is 2.61. The van der Waals surface area contributed by atoms with E-state index in [-0.39, 0.29) is 16.3 Å². The van der Waals surface area contributed by atoms with Gasteiger partial charge in [0.05, 0.1) is 18.1 Å². The number of hydrogen-bond donors (Lipinski definition) is 2. The Balaban J connectivity index is 1.87. The Hall–Kier alpha value is -2.81. The second kappa shape index (κ2) is 8.05. The quantitative estimate of drug-likeness (QED) is 0.540. The van der Waals surface area contributed by atoms with E-state index in [4.69, 9.17) is 11.6 Å². The van der Waals surface area contributed by atoms with E-state index in [1.54, 1.807) is 12.1 Å². The predicted octanol–water partition coefficient (Wildman–Crippen LogP) is 3.31. The Kier molecular flexibility index (Phi) is 5.73. The first kappa shape index (κ1) is 19.9. The lowest BCUT2D eigenvalue weighted by Crippen LogP contribution is -2.53. The van der Waals surface area contributed by atoms with Crippen LogP contribution in [0.3, 0.4) is 0 Å². The molecule has 148 valence electrons. The second-order valence-electron chi connectivity index (χ2n) is 6.41. The molecule has 1 fully saturated rings. The van der Waals surface area contributed by atoms with Crippen LogP contribution in [0.2, 0.25) is 5.02 Å². The van der Waals surface area contributed by atoms with E-state index >= 15 is 0 Å². The number of nitrogens with zero attached hydrogens (tertiary/aromatic N) is 2. The summed E-state index contributed by atoms with van der Waals surface area (Å²) in [5.41, 5.74) is 2.99. The molecule has 1 aliphatic rings. The molecule has 0 saturated heterocycles. The maximum Gasteiger partial charge on any atom is 0.252 e. The number of amides is 2.